The van der Waals surface area contributed by atoms with Gasteiger partial charge in [-0.3, -0.25) is 9.59 Å². The van der Waals surface area contributed by atoms with Crippen molar-refractivity contribution in [3.05, 3.63) is 28.2 Å². The van der Waals surface area contributed by atoms with Crippen molar-refractivity contribution in [1.29, 1.82) is 0 Å². The van der Waals surface area contributed by atoms with E-state index in [-0.39, 0.29) is 23.5 Å². The highest BCUT2D eigenvalue weighted by atomic mass is 35.5. The lowest BCUT2D eigenvalue weighted by atomic mass is 10.3. The predicted octanol–water partition coefficient (Wildman–Crippen LogP) is 4.16. The van der Waals surface area contributed by atoms with Crippen LogP contribution < -0.4 is 4.90 Å². The van der Waals surface area contributed by atoms with Gasteiger partial charge in [0.15, 0.2) is 0 Å². The number of hydrogen-bond acceptors (Lipinski definition) is 3. The molecule has 0 radical (unpaired) electrons. The van der Waals surface area contributed by atoms with Gasteiger partial charge in [-0.25, -0.2) is 4.90 Å². The van der Waals surface area contributed by atoms with Crippen LogP contribution in [0.4, 0.5) is 5.69 Å². The standard InChI is InChI=1S/C14H15Cl2NO2S/c1-2-3-4-20-12-8-13(18)17(14(12)19)11-6-9(15)5-10(16)7-11/h5-7,12H,2-4,8H2,1H3. The van der Waals surface area contributed by atoms with Gasteiger partial charge in [0.05, 0.1) is 10.9 Å². The second-order valence-corrected chi connectivity index (χ2v) is 6.80. The number of imide groups is 1. The summed E-state index contributed by atoms with van der Waals surface area (Å²) >= 11 is 13.4. The van der Waals surface area contributed by atoms with Crippen LogP contribution in [0, 0.1) is 0 Å². The minimum absolute atomic E-state index is 0.172. The van der Waals surface area contributed by atoms with E-state index in [1.165, 1.54) is 4.90 Å². The van der Waals surface area contributed by atoms with Crippen LogP contribution in [-0.2, 0) is 9.59 Å². The van der Waals surface area contributed by atoms with Crippen molar-refractivity contribution in [2.75, 3.05) is 10.7 Å². The predicted molar refractivity (Wildman–Crippen MR) is 84.7 cm³/mol. The van der Waals surface area contributed by atoms with Gasteiger partial charge in [-0.05, 0) is 30.4 Å². The molecule has 3 nitrogen and oxygen atoms in total. The van der Waals surface area contributed by atoms with E-state index in [0.29, 0.717) is 15.7 Å². The number of rotatable bonds is 5. The van der Waals surface area contributed by atoms with Gasteiger partial charge in [-0.1, -0.05) is 36.5 Å². The molecule has 0 N–H and O–H groups in total. The largest absolute Gasteiger partial charge is 0.274 e. The normalized spacial score (nSPS) is 18.9. The van der Waals surface area contributed by atoms with Crippen molar-refractivity contribution in [3.63, 3.8) is 0 Å². The molecule has 0 aromatic heterocycles. The van der Waals surface area contributed by atoms with Gasteiger partial charge >= 0.3 is 0 Å². The molecule has 0 bridgehead atoms. The van der Waals surface area contributed by atoms with Gasteiger partial charge < -0.3 is 0 Å². The Morgan fingerprint density at radius 2 is 1.90 bits per heavy atom. The van der Waals surface area contributed by atoms with Crippen LogP contribution in [0.3, 0.4) is 0 Å². The van der Waals surface area contributed by atoms with E-state index in [1.807, 2.05) is 0 Å². The zero-order valence-electron chi connectivity index (χ0n) is 11.1. The SMILES string of the molecule is CCCCSC1CC(=O)N(c2cc(Cl)cc(Cl)c2)C1=O. The van der Waals surface area contributed by atoms with Crippen molar-refractivity contribution < 1.29 is 9.59 Å². The molecule has 1 aromatic rings. The first-order valence-electron chi connectivity index (χ1n) is 6.47. The third-order valence-electron chi connectivity index (χ3n) is 3.03. The summed E-state index contributed by atoms with van der Waals surface area (Å²) in [5.74, 6) is 0.529. The van der Waals surface area contributed by atoms with E-state index < -0.39 is 0 Å². The van der Waals surface area contributed by atoms with Crippen LogP contribution in [0.15, 0.2) is 18.2 Å². The van der Waals surface area contributed by atoms with Gasteiger partial charge in [0.1, 0.15) is 0 Å². The van der Waals surface area contributed by atoms with E-state index in [2.05, 4.69) is 6.92 Å². The zero-order valence-corrected chi connectivity index (χ0v) is 13.4. The van der Waals surface area contributed by atoms with Gasteiger partial charge in [-0.2, -0.15) is 0 Å². The molecule has 1 aliphatic heterocycles. The first-order valence-corrected chi connectivity index (χ1v) is 8.28. The van der Waals surface area contributed by atoms with E-state index in [9.17, 15) is 9.59 Å². The molecule has 0 aliphatic carbocycles. The molecule has 2 amide bonds. The lowest BCUT2D eigenvalue weighted by molar-refractivity contribution is -0.121. The Bertz CT molecular complexity index is 516. The average Bonchev–Trinajstić information content (AvgIpc) is 2.63. The van der Waals surface area contributed by atoms with Gasteiger partial charge in [-0.15, -0.1) is 11.8 Å². The monoisotopic (exact) mass is 331 g/mol. The summed E-state index contributed by atoms with van der Waals surface area (Å²) in [5.41, 5.74) is 0.455. The van der Waals surface area contributed by atoms with Crippen molar-refractivity contribution >= 4 is 52.5 Å². The number of carbonyl (C=O) groups is 2. The number of hydrogen-bond donors (Lipinski definition) is 0. The Labute approximate surface area is 132 Å². The number of anilines is 1. The van der Waals surface area contributed by atoms with Crippen LogP contribution in [0.2, 0.25) is 10.0 Å². The number of benzene rings is 1. The lowest BCUT2D eigenvalue weighted by Gasteiger charge is -2.15. The number of unbranched alkanes of at least 4 members (excludes halogenated alkanes) is 1. The maximum absolute atomic E-state index is 12.3. The maximum atomic E-state index is 12.3. The van der Waals surface area contributed by atoms with Crippen molar-refractivity contribution in [3.8, 4) is 0 Å². The molecule has 1 aromatic carbocycles. The summed E-state index contributed by atoms with van der Waals surface area (Å²) in [4.78, 5) is 25.6. The highest BCUT2D eigenvalue weighted by Crippen LogP contribution is 2.33. The quantitative estimate of drug-likeness (QED) is 0.600. The van der Waals surface area contributed by atoms with Crippen LogP contribution in [0.25, 0.3) is 0 Å². The second kappa shape index (κ2) is 6.83. The molecule has 0 spiro atoms. The molecular formula is C14H15Cl2NO2S. The molecule has 0 saturated carbocycles. The Morgan fingerprint density at radius 3 is 2.50 bits per heavy atom. The summed E-state index contributed by atoms with van der Waals surface area (Å²) in [5, 5.41) is 0.539. The zero-order chi connectivity index (χ0) is 14.7. The van der Waals surface area contributed by atoms with Crippen LogP contribution in [-0.4, -0.2) is 22.8 Å². The number of amides is 2. The number of halogens is 2. The van der Waals surface area contributed by atoms with Gasteiger partial charge in [0.2, 0.25) is 11.8 Å². The van der Waals surface area contributed by atoms with Gasteiger partial charge in [0.25, 0.3) is 0 Å². The minimum Gasteiger partial charge on any atom is -0.274 e. The summed E-state index contributed by atoms with van der Waals surface area (Å²) in [6, 6.07) is 4.75. The van der Waals surface area contributed by atoms with E-state index in [0.717, 1.165) is 18.6 Å². The van der Waals surface area contributed by atoms with Crippen LogP contribution >= 0.6 is 35.0 Å². The molecule has 108 valence electrons. The third-order valence-corrected chi connectivity index (χ3v) is 4.76. The highest BCUT2D eigenvalue weighted by Gasteiger charge is 2.39. The smallest absolute Gasteiger partial charge is 0.247 e. The molecule has 6 heteroatoms. The Balaban J connectivity index is 2.16. The molecule has 1 atom stereocenters. The summed E-state index contributed by atoms with van der Waals surface area (Å²) in [7, 11) is 0. The topological polar surface area (TPSA) is 37.4 Å². The number of carbonyl (C=O) groups excluding carboxylic acids is 2. The van der Waals surface area contributed by atoms with E-state index in [4.69, 9.17) is 23.2 Å². The first kappa shape index (κ1) is 15.7. The Morgan fingerprint density at radius 1 is 1.25 bits per heavy atom. The van der Waals surface area contributed by atoms with E-state index in [1.54, 1.807) is 30.0 Å². The molecule has 1 heterocycles. The van der Waals surface area contributed by atoms with Crippen LogP contribution in [0.5, 0.6) is 0 Å². The fourth-order valence-electron chi connectivity index (χ4n) is 2.04. The molecule has 1 aliphatic rings. The maximum Gasteiger partial charge on any atom is 0.247 e. The van der Waals surface area contributed by atoms with Crippen molar-refractivity contribution in [1.82, 2.24) is 0 Å². The molecule has 2 rings (SSSR count). The summed E-state index contributed by atoms with van der Waals surface area (Å²) < 4.78 is 0. The van der Waals surface area contributed by atoms with Crippen molar-refractivity contribution in [2.45, 2.75) is 31.4 Å². The molecule has 1 fully saturated rings. The minimum atomic E-state index is -0.285. The lowest BCUT2D eigenvalue weighted by Crippen LogP contribution is -2.31. The summed E-state index contributed by atoms with van der Waals surface area (Å²) in [6.45, 7) is 2.10. The summed E-state index contributed by atoms with van der Waals surface area (Å²) in [6.07, 6.45) is 2.37. The fourth-order valence-corrected chi connectivity index (χ4v) is 3.81. The Hall–Kier alpha value is -0.710. The number of thioether (sulfide) groups is 1. The van der Waals surface area contributed by atoms with Crippen molar-refractivity contribution in [2.24, 2.45) is 0 Å². The molecule has 20 heavy (non-hydrogen) atoms. The third kappa shape index (κ3) is 3.48. The fraction of sp³-hybridized carbons (Fsp3) is 0.429. The molecule has 1 unspecified atom stereocenters. The molecule has 1 saturated heterocycles. The first-order chi connectivity index (χ1) is 9.52. The highest BCUT2D eigenvalue weighted by molar-refractivity contribution is 8.00. The Kier molecular flexibility index (Phi) is 5.35. The van der Waals surface area contributed by atoms with Gasteiger partial charge in [0, 0.05) is 16.5 Å². The molecular weight excluding hydrogens is 317 g/mol. The van der Waals surface area contributed by atoms with E-state index >= 15 is 0 Å². The average molecular weight is 332 g/mol. The van der Waals surface area contributed by atoms with Crippen LogP contribution in [0.1, 0.15) is 26.2 Å². The second-order valence-electron chi connectivity index (χ2n) is 4.61. The number of nitrogens with zero attached hydrogens (tertiary/aromatic N) is 1.